The number of nitrogen functional groups attached to an aromatic ring is 1. The van der Waals surface area contributed by atoms with E-state index in [0.717, 1.165) is 11.1 Å². The van der Waals surface area contributed by atoms with E-state index in [1.54, 1.807) is 12.1 Å². The summed E-state index contributed by atoms with van der Waals surface area (Å²) in [5, 5.41) is 8.89. The summed E-state index contributed by atoms with van der Waals surface area (Å²) < 4.78 is 0. The first-order valence-corrected chi connectivity index (χ1v) is 6.61. The van der Waals surface area contributed by atoms with Crippen molar-refractivity contribution in [3.8, 4) is 0 Å². The van der Waals surface area contributed by atoms with E-state index >= 15 is 0 Å². The number of hydrogen-bond acceptors (Lipinski definition) is 3. The van der Waals surface area contributed by atoms with Crippen LogP contribution in [-0.2, 0) is 11.2 Å². The predicted octanol–water partition coefficient (Wildman–Crippen LogP) is 2.59. The van der Waals surface area contributed by atoms with Crippen LogP contribution >= 0.6 is 12.2 Å². The molecule has 21 heavy (non-hydrogen) atoms. The predicted molar refractivity (Wildman–Crippen MR) is 89.9 cm³/mol. The Labute approximate surface area is 151 Å². The summed E-state index contributed by atoms with van der Waals surface area (Å²) in [4.78, 5) is 11.5. The molecule has 0 heterocycles. The van der Waals surface area contributed by atoms with E-state index in [0.29, 0.717) is 21.7 Å². The van der Waals surface area contributed by atoms with E-state index in [1.807, 2.05) is 37.3 Å². The zero-order valence-electron chi connectivity index (χ0n) is 12.1. The molecule has 0 aromatic heterocycles. The molecule has 0 saturated carbocycles. The van der Waals surface area contributed by atoms with Crippen LogP contribution in [0.1, 0.15) is 22.3 Å². The van der Waals surface area contributed by atoms with E-state index in [1.165, 1.54) is 0 Å². The molecule has 0 atom stereocenters. The normalized spacial score (nSPS) is 9.76. The first-order chi connectivity index (χ1) is 9.50. The third kappa shape index (κ3) is 4.14. The summed E-state index contributed by atoms with van der Waals surface area (Å²) in [6, 6.07) is 13.1. The van der Waals surface area contributed by atoms with Crippen molar-refractivity contribution >= 4 is 58.3 Å². The Morgan fingerprint density at radius 2 is 1.76 bits per heavy atom. The van der Waals surface area contributed by atoms with E-state index in [4.69, 9.17) is 23.1 Å². The Morgan fingerprint density at radius 3 is 2.38 bits per heavy atom. The maximum Gasteiger partial charge on any atom is 0.307 e. The van der Waals surface area contributed by atoms with Gasteiger partial charge in [0.1, 0.15) is 0 Å². The van der Waals surface area contributed by atoms with Crippen LogP contribution in [0.2, 0.25) is 0 Å². The molecule has 103 valence electrons. The molecule has 0 aliphatic carbocycles. The van der Waals surface area contributed by atoms with Gasteiger partial charge >= 0.3 is 5.97 Å². The van der Waals surface area contributed by atoms with Gasteiger partial charge in [0, 0.05) is 40.8 Å². The second kappa shape index (κ2) is 7.71. The Bertz CT molecular complexity index is 686. The fourth-order valence-electron chi connectivity index (χ4n) is 2.10. The third-order valence-electron chi connectivity index (χ3n) is 3.17. The van der Waals surface area contributed by atoms with Gasteiger partial charge < -0.3 is 10.8 Å². The molecule has 0 saturated heterocycles. The number of carboxylic acids is 1. The molecule has 2 aromatic rings. The van der Waals surface area contributed by atoms with E-state index in [-0.39, 0.29) is 36.0 Å². The molecule has 0 fully saturated rings. The zero-order chi connectivity index (χ0) is 14.7. The van der Waals surface area contributed by atoms with Gasteiger partial charge in [0.25, 0.3) is 0 Å². The van der Waals surface area contributed by atoms with Gasteiger partial charge in [-0.25, -0.2) is 0 Å². The van der Waals surface area contributed by atoms with Crippen LogP contribution in [-0.4, -0.2) is 45.5 Å². The van der Waals surface area contributed by atoms with Gasteiger partial charge in [-0.05, 0) is 23.6 Å². The SMILES string of the molecule is Cc1ccccc1C(=S)c1cccc(CC(=O)O)c1N.[Na]. The first-order valence-electron chi connectivity index (χ1n) is 6.20. The molecular formula is C16H15NNaO2S. The standard InChI is InChI=1S/C16H15NO2S.Na/c1-10-5-2-3-7-12(10)16(20)13-8-4-6-11(15(13)17)9-14(18)19;/h2-8H,9,17H2,1H3,(H,18,19);. The molecule has 0 aliphatic rings. The number of aryl methyl sites for hydroxylation is 1. The number of carboxylic acid groups (broad SMARTS) is 1. The smallest absolute Gasteiger partial charge is 0.307 e. The number of hydrogen-bond donors (Lipinski definition) is 2. The Morgan fingerprint density at radius 1 is 1.14 bits per heavy atom. The van der Waals surface area contributed by atoms with Crippen LogP contribution in [0.4, 0.5) is 5.69 Å². The van der Waals surface area contributed by atoms with Crippen molar-refractivity contribution in [3.63, 3.8) is 0 Å². The van der Waals surface area contributed by atoms with E-state index in [2.05, 4.69) is 0 Å². The van der Waals surface area contributed by atoms with Gasteiger partial charge in [0.05, 0.1) is 11.3 Å². The van der Waals surface area contributed by atoms with Crippen LogP contribution < -0.4 is 5.73 Å². The average Bonchev–Trinajstić information content (AvgIpc) is 2.40. The van der Waals surface area contributed by atoms with Crippen LogP contribution in [0.3, 0.4) is 0 Å². The van der Waals surface area contributed by atoms with Gasteiger partial charge in [-0.2, -0.15) is 0 Å². The van der Waals surface area contributed by atoms with Crippen molar-refractivity contribution < 1.29 is 9.90 Å². The fourth-order valence-corrected chi connectivity index (χ4v) is 2.51. The first kappa shape index (κ1) is 17.9. The van der Waals surface area contributed by atoms with E-state index in [9.17, 15) is 4.79 Å². The van der Waals surface area contributed by atoms with Gasteiger partial charge in [0.15, 0.2) is 0 Å². The number of para-hydroxylation sites is 1. The minimum Gasteiger partial charge on any atom is -0.481 e. The molecule has 0 spiro atoms. The van der Waals surface area contributed by atoms with Crippen molar-refractivity contribution in [3.05, 3.63) is 64.7 Å². The quantitative estimate of drug-likeness (QED) is 0.394. The van der Waals surface area contributed by atoms with Crippen LogP contribution in [0.5, 0.6) is 0 Å². The van der Waals surface area contributed by atoms with Crippen molar-refractivity contribution in [1.82, 2.24) is 0 Å². The third-order valence-corrected chi connectivity index (χ3v) is 3.61. The molecule has 0 bridgehead atoms. The number of carbonyl (C=O) groups is 1. The molecule has 2 rings (SSSR count). The van der Waals surface area contributed by atoms with Crippen LogP contribution in [0.25, 0.3) is 0 Å². The summed E-state index contributed by atoms with van der Waals surface area (Å²) in [6.07, 6.45) is -0.101. The molecule has 0 aliphatic heterocycles. The summed E-state index contributed by atoms with van der Waals surface area (Å²) >= 11 is 5.51. The second-order valence-corrected chi connectivity index (χ2v) is 5.00. The number of rotatable bonds is 4. The number of thiocarbonyl (C=S) groups is 1. The summed E-state index contributed by atoms with van der Waals surface area (Å²) in [7, 11) is 0. The minimum atomic E-state index is -0.907. The molecule has 0 unspecified atom stereocenters. The zero-order valence-corrected chi connectivity index (χ0v) is 14.9. The average molecular weight is 308 g/mol. The van der Waals surface area contributed by atoms with Crippen LogP contribution in [0, 0.1) is 6.92 Å². The van der Waals surface area contributed by atoms with Crippen LogP contribution in [0.15, 0.2) is 42.5 Å². The molecule has 3 N–H and O–H groups in total. The van der Waals surface area contributed by atoms with Crippen molar-refractivity contribution in [2.75, 3.05) is 5.73 Å². The largest absolute Gasteiger partial charge is 0.481 e. The van der Waals surface area contributed by atoms with Crippen molar-refractivity contribution in [2.45, 2.75) is 13.3 Å². The molecule has 1 radical (unpaired) electrons. The molecule has 0 amide bonds. The van der Waals surface area contributed by atoms with Gasteiger partial charge in [0.2, 0.25) is 0 Å². The molecular weight excluding hydrogens is 293 g/mol. The molecule has 5 heteroatoms. The number of aliphatic carboxylic acids is 1. The van der Waals surface area contributed by atoms with Gasteiger partial charge in [-0.15, -0.1) is 0 Å². The monoisotopic (exact) mass is 308 g/mol. The Kier molecular flexibility index (Phi) is 6.55. The summed E-state index contributed by atoms with van der Waals surface area (Å²) in [5.74, 6) is -0.907. The van der Waals surface area contributed by atoms with Gasteiger partial charge in [-0.3, -0.25) is 4.79 Å². The van der Waals surface area contributed by atoms with E-state index < -0.39 is 5.97 Å². The maximum atomic E-state index is 10.8. The number of nitrogens with two attached hydrogens (primary N) is 1. The molecule has 3 nitrogen and oxygen atoms in total. The summed E-state index contributed by atoms with van der Waals surface area (Å²) in [5.41, 5.74) is 9.84. The molecule has 2 aromatic carbocycles. The Balaban J connectivity index is 0.00000220. The number of anilines is 1. The van der Waals surface area contributed by atoms with Crippen molar-refractivity contribution in [1.29, 1.82) is 0 Å². The fraction of sp³-hybridized carbons (Fsp3) is 0.125. The minimum absolute atomic E-state index is 0. The summed E-state index contributed by atoms with van der Waals surface area (Å²) in [6.45, 7) is 1.99. The second-order valence-electron chi connectivity index (χ2n) is 4.59. The maximum absolute atomic E-state index is 10.8. The topological polar surface area (TPSA) is 63.3 Å². The number of benzene rings is 2. The Hall–Kier alpha value is -1.20. The van der Waals surface area contributed by atoms with Crippen molar-refractivity contribution in [2.24, 2.45) is 0 Å². The van der Waals surface area contributed by atoms with Gasteiger partial charge in [-0.1, -0.05) is 54.7 Å².